The molecule has 1 heterocycles. The third-order valence-electron chi connectivity index (χ3n) is 10.9. The molecule has 8 aromatic rings. The van der Waals surface area contributed by atoms with Crippen LogP contribution in [0, 0.1) is 13.8 Å². The van der Waals surface area contributed by atoms with Gasteiger partial charge >= 0.3 is 0 Å². The van der Waals surface area contributed by atoms with E-state index in [1.165, 1.54) is 54.9 Å². The number of rotatable bonds is 6. The van der Waals surface area contributed by atoms with Gasteiger partial charge in [0.15, 0.2) is 0 Å². The SMILES string of the molecule is Cc1nn(-c2ccccc2)c(C)c1-c1c2ccccc2c(-c2ccc(N(c3ccc(C(C)(C)C)cc3)c3ccc(C(C)(C)C)cc3)cc2)c2ccccc12. The summed E-state index contributed by atoms with van der Waals surface area (Å²) in [5, 5.41) is 10.0. The Morgan fingerprint density at radius 2 is 0.815 bits per heavy atom. The lowest BCUT2D eigenvalue weighted by atomic mass is 9.85. The number of aromatic nitrogens is 2. The Bertz CT molecular complexity index is 2480. The van der Waals surface area contributed by atoms with Crippen molar-refractivity contribution in [1.82, 2.24) is 9.78 Å². The van der Waals surface area contributed by atoms with E-state index >= 15 is 0 Å². The van der Waals surface area contributed by atoms with E-state index in [1.54, 1.807) is 0 Å². The van der Waals surface area contributed by atoms with Crippen molar-refractivity contribution in [3.05, 3.63) is 174 Å². The van der Waals surface area contributed by atoms with E-state index in [1.807, 2.05) is 6.07 Å². The van der Waals surface area contributed by atoms with Gasteiger partial charge in [0.2, 0.25) is 0 Å². The van der Waals surface area contributed by atoms with Crippen molar-refractivity contribution in [3.63, 3.8) is 0 Å². The molecule has 0 bridgehead atoms. The summed E-state index contributed by atoms with van der Waals surface area (Å²) in [5.74, 6) is 0. The quantitative estimate of drug-likeness (QED) is 0.161. The second-order valence-electron chi connectivity index (χ2n) is 16.6. The van der Waals surface area contributed by atoms with Crippen LogP contribution in [-0.2, 0) is 10.8 Å². The minimum Gasteiger partial charge on any atom is -0.311 e. The Hall–Kier alpha value is -5.93. The van der Waals surface area contributed by atoms with Gasteiger partial charge in [0.1, 0.15) is 0 Å². The minimum absolute atomic E-state index is 0.0836. The molecule has 0 aliphatic heterocycles. The van der Waals surface area contributed by atoms with Crippen LogP contribution in [0.2, 0.25) is 0 Å². The highest BCUT2D eigenvalue weighted by Crippen LogP contribution is 2.46. The summed E-state index contributed by atoms with van der Waals surface area (Å²) < 4.78 is 2.08. The topological polar surface area (TPSA) is 21.1 Å². The minimum atomic E-state index is 0.0836. The maximum atomic E-state index is 5.07. The summed E-state index contributed by atoms with van der Waals surface area (Å²) in [6.07, 6.45) is 0. The molecule has 3 nitrogen and oxygen atoms in total. The molecule has 54 heavy (non-hydrogen) atoms. The summed E-state index contributed by atoms with van der Waals surface area (Å²) in [6.45, 7) is 17.9. The van der Waals surface area contributed by atoms with E-state index in [0.29, 0.717) is 0 Å². The van der Waals surface area contributed by atoms with Crippen molar-refractivity contribution in [3.8, 4) is 27.9 Å². The van der Waals surface area contributed by atoms with E-state index in [4.69, 9.17) is 5.10 Å². The van der Waals surface area contributed by atoms with Gasteiger partial charge in [0, 0.05) is 33.9 Å². The number of aryl methyl sites for hydroxylation is 1. The summed E-state index contributed by atoms with van der Waals surface area (Å²) in [5.41, 5.74) is 14.3. The third kappa shape index (κ3) is 6.28. The molecule has 0 fully saturated rings. The fourth-order valence-electron chi connectivity index (χ4n) is 7.98. The van der Waals surface area contributed by atoms with Crippen LogP contribution in [0.25, 0.3) is 49.5 Å². The molecule has 0 spiro atoms. The molecule has 0 saturated carbocycles. The van der Waals surface area contributed by atoms with E-state index in [0.717, 1.165) is 34.1 Å². The molecule has 0 amide bonds. The van der Waals surface area contributed by atoms with Crippen molar-refractivity contribution in [2.75, 3.05) is 4.90 Å². The number of hydrogen-bond acceptors (Lipinski definition) is 2. The fourth-order valence-corrected chi connectivity index (χ4v) is 7.98. The Kier molecular flexibility index (Phi) is 8.77. The highest BCUT2D eigenvalue weighted by atomic mass is 15.3. The predicted octanol–water partition coefficient (Wildman–Crippen LogP) is 14.2. The Labute approximate surface area is 320 Å². The van der Waals surface area contributed by atoms with Crippen LogP contribution in [-0.4, -0.2) is 9.78 Å². The Balaban J connectivity index is 1.28. The van der Waals surface area contributed by atoms with Crippen LogP contribution in [0.4, 0.5) is 17.1 Å². The van der Waals surface area contributed by atoms with Crippen LogP contribution in [0.5, 0.6) is 0 Å². The van der Waals surface area contributed by atoms with Crippen molar-refractivity contribution >= 4 is 38.6 Å². The molecule has 1 aromatic heterocycles. The smallest absolute Gasteiger partial charge is 0.0679 e. The van der Waals surface area contributed by atoms with Crippen LogP contribution in [0.3, 0.4) is 0 Å². The maximum Gasteiger partial charge on any atom is 0.0679 e. The second kappa shape index (κ2) is 13.5. The Morgan fingerprint density at radius 1 is 0.426 bits per heavy atom. The van der Waals surface area contributed by atoms with Crippen molar-refractivity contribution in [1.29, 1.82) is 0 Å². The number of para-hydroxylation sites is 1. The molecule has 0 radical (unpaired) electrons. The van der Waals surface area contributed by atoms with Gasteiger partial charge in [-0.2, -0.15) is 5.10 Å². The third-order valence-corrected chi connectivity index (χ3v) is 10.9. The molecule has 0 saturated heterocycles. The summed E-state index contributed by atoms with van der Waals surface area (Å²) in [6, 6.07) is 55.5. The first kappa shape index (κ1) is 35.1. The lowest BCUT2D eigenvalue weighted by molar-refractivity contribution is 0.590. The number of nitrogens with zero attached hydrogens (tertiary/aromatic N) is 3. The summed E-state index contributed by atoms with van der Waals surface area (Å²) in [4.78, 5) is 2.37. The van der Waals surface area contributed by atoms with E-state index in [-0.39, 0.29) is 10.8 Å². The standard InChI is InChI=1S/C51H49N3/c1-34-47(35(2)54(52-34)42-16-10-9-11-17-42)49-45-20-14-12-18-43(45)48(44-19-13-15-21-46(44)49)36-22-28-39(29-23-36)53(40-30-24-37(25-31-40)50(3,4)5)41-32-26-38(27-33-41)51(6,7)8/h9-33H,1-8H3. The van der Waals surface area contributed by atoms with Crippen LogP contribution < -0.4 is 4.90 Å². The van der Waals surface area contributed by atoms with Gasteiger partial charge in [0.25, 0.3) is 0 Å². The molecular formula is C51H49N3. The fraction of sp³-hybridized carbons (Fsp3) is 0.196. The Morgan fingerprint density at radius 3 is 1.24 bits per heavy atom. The van der Waals surface area contributed by atoms with Gasteiger partial charge in [-0.3, -0.25) is 0 Å². The van der Waals surface area contributed by atoms with Crippen molar-refractivity contribution in [2.24, 2.45) is 0 Å². The van der Waals surface area contributed by atoms with Gasteiger partial charge in [-0.1, -0.05) is 145 Å². The molecular weight excluding hydrogens is 655 g/mol. The van der Waals surface area contributed by atoms with Crippen LogP contribution in [0.1, 0.15) is 64.1 Å². The number of hydrogen-bond donors (Lipinski definition) is 0. The first-order valence-electron chi connectivity index (χ1n) is 19.1. The average molecular weight is 704 g/mol. The highest BCUT2D eigenvalue weighted by molar-refractivity contribution is 6.21. The molecule has 0 N–H and O–H groups in total. The monoisotopic (exact) mass is 703 g/mol. The molecule has 0 unspecified atom stereocenters. The van der Waals surface area contributed by atoms with E-state index in [9.17, 15) is 0 Å². The molecule has 7 aromatic carbocycles. The lowest BCUT2D eigenvalue weighted by Crippen LogP contribution is -2.14. The predicted molar refractivity (Wildman–Crippen MR) is 231 cm³/mol. The van der Waals surface area contributed by atoms with Gasteiger partial charge < -0.3 is 4.90 Å². The van der Waals surface area contributed by atoms with Crippen molar-refractivity contribution < 1.29 is 0 Å². The van der Waals surface area contributed by atoms with E-state index < -0.39 is 0 Å². The van der Waals surface area contributed by atoms with Gasteiger partial charge in [0.05, 0.1) is 11.4 Å². The average Bonchev–Trinajstić information content (AvgIpc) is 3.47. The molecule has 8 rings (SSSR count). The van der Waals surface area contributed by atoms with Gasteiger partial charge in [-0.25, -0.2) is 4.68 Å². The van der Waals surface area contributed by atoms with Crippen LogP contribution >= 0.6 is 0 Å². The molecule has 268 valence electrons. The van der Waals surface area contributed by atoms with Crippen molar-refractivity contribution in [2.45, 2.75) is 66.2 Å². The summed E-state index contributed by atoms with van der Waals surface area (Å²) in [7, 11) is 0. The lowest BCUT2D eigenvalue weighted by Gasteiger charge is -2.28. The van der Waals surface area contributed by atoms with E-state index in [2.05, 4.69) is 211 Å². The zero-order valence-corrected chi connectivity index (χ0v) is 32.8. The normalized spacial score (nSPS) is 12.1. The number of benzene rings is 7. The summed E-state index contributed by atoms with van der Waals surface area (Å²) >= 11 is 0. The molecule has 0 aliphatic carbocycles. The zero-order valence-electron chi connectivity index (χ0n) is 32.8. The molecule has 0 atom stereocenters. The van der Waals surface area contributed by atoms with Gasteiger partial charge in [-0.15, -0.1) is 0 Å². The largest absolute Gasteiger partial charge is 0.311 e. The highest BCUT2D eigenvalue weighted by Gasteiger charge is 2.23. The number of anilines is 3. The maximum absolute atomic E-state index is 5.07. The molecule has 3 heteroatoms. The van der Waals surface area contributed by atoms with Crippen LogP contribution in [0.15, 0.2) is 152 Å². The second-order valence-corrected chi connectivity index (χ2v) is 16.6. The van der Waals surface area contributed by atoms with Gasteiger partial charge in [-0.05, 0) is 117 Å². The first-order chi connectivity index (χ1) is 25.9. The number of fused-ring (bicyclic) bond motifs is 2. The zero-order chi connectivity index (χ0) is 37.8. The first-order valence-corrected chi connectivity index (χ1v) is 19.1. The molecule has 0 aliphatic rings.